The molecule has 2 rings (SSSR count). The lowest BCUT2D eigenvalue weighted by molar-refractivity contribution is 0.234. The normalized spacial score (nSPS) is 20.6. The average Bonchev–Trinajstić information content (AvgIpc) is 2.73. The van der Waals surface area contributed by atoms with Gasteiger partial charge in [0.2, 0.25) is 0 Å². The molecule has 1 saturated heterocycles. The highest BCUT2D eigenvalue weighted by atomic mass is 79.9. The van der Waals surface area contributed by atoms with Crippen LogP contribution in [-0.2, 0) is 0 Å². The fourth-order valence-corrected chi connectivity index (χ4v) is 2.94. The number of halogens is 1. The zero-order valence-electron chi connectivity index (χ0n) is 11.2. The van der Waals surface area contributed by atoms with Gasteiger partial charge >= 0.3 is 0 Å². The lowest BCUT2D eigenvalue weighted by Crippen LogP contribution is -2.37. The third-order valence-electron chi connectivity index (χ3n) is 3.35. The molecule has 0 unspecified atom stereocenters. The second-order valence-electron chi connectivity index (χ2n) is 5.46. The summed E-state index contributed by atoms with van der Waals surface area (Å²) in [6.45, 7) is 8.07. The minimum absolute atomic E-state index is 0.673. The fourth-order valence-electron chi connectivity index (χ4n) is 2.58. The predicted octanol–water partition coefficient (Wildman–Crippen LogP) is 3.38. The third kappa shape index (κ3) is 3.95. The number of likely N-dealkylation sites (tertiary alicyclic amines) is 1. The van der Waals surface area contributed by atoms with Crippen LogP contribution in [0.15, 0.2) is 22.9 Å². The highest BCUT2D eigenvalue weighted by Crippen LogP contribution is 2.20. The summed E-state index contributed by atoms with van der Waals surface area (Å²) in [7, 11) is 0. The van der Waals surface area contributed by atoms with Crippen LogP contribution in [0.4, 0.5) is 5.69 Å². The maximum Gasteiger partial charge on any atom is 0.0538 e. The van der Waals surface area contributed by atoms with Crippen LogP contribution < -0.4 is 5.32 Å². The zero-order chi connectivity index (χ0) is 13.0. The molecule has 1 aromatic rings. The molecule has 1 atom stereocenters. The Morgan fingerprint density at radius 1 is 1.50 bits per heavy atom. The van der Waals surface area contributed by atoms with Crippen LogP contribution in [-0.4, -0.2) is 35.6 Å². The molecule has 0 amide bonds. The molecule has 1 aliphatic rings. The molecule has 0 radical (unpaired) electrons. The van der Waals surface area contributed by atoms with Crippen molar-refractivity contribution in [2.45, 2.75) is 32.7 Å². The van der Waals surface area contributed by atoms with E-state index < -0.39 is 0 Å². The van der Waals surface area contributed by atoms with Crippen LogP contribution in [0, 0.1) is 5.92 Å². The molecule has 0 aliphatic carbocycles. The van der Waals surface area contributed by atoms with Gasteiger partial charge < -0.3 is 5.32 Å². The number of nitrogens with zero attached hydrogens (tertiary/aromatic N) is 2. The number of rotatable bonds is 5. The van der Waals surface area contributed by atoms with E-state index >= 15 is 0 Å². The molecule has 0 spiro atoms. The van der Waals surface area contributed by atoms with E-state index in [4.69, 9.17) is 0 Å². The molecule has 0 bridgehead atoms. The molecule has 1 fully saturated rings. The first-order valence-electron chi connectivity index (χ1n) is 6.73. The first kappa shape index (κ1) is 13.8. The first-order valence-corrected chi connectivity index (χ1v) is 7.53. The Morgan fingerprint density at radius 2 is 2.33 bits per heavy atom. The zero-order valence-corrected chi connectivity index (χ0v) is 12.8. The van der Waals surface area contributed by atoms with Gasteiger partial charge in [-0.05, 0) is 47.3 Å². The Morgan fingerprint density at radius 3 is 3.06 bits per heavy atom. The highest BCUT2D eigenvalue weighted by Gasteiger charge is 2.24. The lowest BCUT2D eigenvalue weighted by Gasteiger charge is -2.26. The van der Waals surface area contributed by atoms with E-state index in [-0.39, 0.29) is 0 Å². The van der Waals surface area contributed by atoms with Gasteiger partial charge in [0.05, 0.1) is 11.9 Å². The van der Waals surface area contributed by atoms with E-state index in [0.29, 0.717) is 6.04 Å². The number of nitrogens with one attached hydrogen (secondary N) is 1. The Bertz CT molecular complexity index is 381. The number of aromatic nitrogens is 1. The Kier molecular flexibility index (Phi) is 5.01. The van der Waals surface area contributed by atoms with Crippen molar-refractivity contribution in [2.24, 2.45) is 5.92 Å². The molecule has 3 nitrogen and oxygen atoms in total. The van der Waals surface area contributed by atoms with Crippen molar-refractivity contribution in [1.29, 1.82) is 0 Å². The van der Waals surface area contributed by atoms with Crippen LogP contribution in [0.3, 0.4) is 0 Å². The first-order chi connectivity index (χ1) is 8.65. The summed E-state index contributed by atoms with van der Waals surface area (Å²) in [6.07, 6.45) is 6.33. The van der Waals surface area contributed by atoms with Crippen molar-refractivity contribution in [2.75, 3.05) is 25.0 Å². The standard InChI is InChI=1S/C14H22BrN3/c1-11(2)10-18-5-3-4-14(18)9-17-13-6-12(15)7-16-8-13/h6-8,11,14,17H,3-5,9-10H2,1-2H3/t14-/m1/s1. The maximum absolute atomic E-state index is 4.17. The summed E-state index contributed by atoms with van der Waals surface area (Å²) >= 11 is 3.45. The summed E-state index contributed by atoms with van der Waals surface area (Å²) in [6, 6.07) is 2.75. The maximum atomic E-state index is 4.17. The lowest BCUT2D eigenvalue weighted by atomic mass is 10.1. The van der Waals surface area contributed by atoms with E-state index in [0.717, 1.165) is 22.6 Å². The third-order valence-corrected chi connectivity index (χ3v) is 3.78. The minimum Gasteiger partial charge on any atom is -0.382 e. The molecular weight excluding hydrogens is 290 g/mol. The molecule has 0 saturated carbocycles. The molecule has 100 valence electrons. The van der Waals surface area contributed by atoms with Gasteiger partial charge in [-0.25, -0.2) is 0 Å². The Hall–Kier alpha value is -0.610. The molecule has 1 N–H and O–H groups in total. The van der Waals surface area contributed by atoms with Gasteiger partial charge in [-0.3, -0.25) is 9.88 Å². The van der Waals surface area contributed by atoms with E-state index in [9.17, 15) is 0 Å². The van der Waals surface area contributed by atoms with E-state index in [1.165, 1.54) is 25.9 Å². The van der Waals surface area contributed by atoms with Gasteiger partial charge in [0.15, 0.2) is 0 Å². The van der Waals surface area contributed by atoms with Crippen molar-refractivity contribution in [3.8, 4) is 0 Å². The van der Waals surface area contributed by atoms with Gasteiger partial charge in [0, 0.05) is 29.8 Å². The van der Waals surface area contributed by atoms with Gasteiger partial charge in [0.25, 0.3) is 0 Å². The summed E-state index contributed by atoms with van der Waals surface area (Å²) in [5.41, 5.74) is 1.10. The summed E-state index contributed by atoms with van der Waals surface area (Å²) < 4.78 is 1.03. The van der Waals surface area contributed by atoms with E-state index in [1.54, 1.807) is 0 Å². The van der Waals surface area contributed by atoms with Crippen LogP contribution in [0.1, 0.15) is 26.7 Å². The monoisotopic (exact) mass is 311 g/mol. The van der Waals surface area contributed by atoms with Gasteiger partial charge in [0.1, 0.15) is 0 Å². The summed E-state index contributed by atoms with van der Waals surface area (Å²) in [4.78, 5) is 6.79. The average molecular weight is 312 g/mol. The molecule has 1 aliphatic heterocycles. The SMILES string of the molecule is CC(C)CN1CCC[C@@H]1CNc1cncc(Br)c1. The second-order valence-corrected chi connectivity index (χ2v) is 6.37. The second kappa shape index (κ2) is 6.53. The molecule has 18 heavy (non-hydrogen) atoms. The summed E-state index contributed by atoms with van der Waals surface area (Å²) in [5.74, 6) is 0.748. The molecule has 2 heterocycles. The minimum atomic E-state index is 0.673. The van der Waals surface area contributed by atoms with Crippen molar-refractivity contribution < 1.29 is 0 Å². The number of anilines is 1. The fraction of sp³-hybridized carbons (Fsp3) is 0.643. The van der Waals surface area contributed by atoms with Crippen molar-refractivity contribution in [3.63, 3.8) is 0 Å². The van der Waals surface area contributed by atoms with Crippen molar-refractivity contribution >= 4 is 21.6 Å². The Balaban J connectivity index is 1.85. The highest BCUT2D eigenvalue weighted by molar-refractivity contribution is 9.10. The van der Waals surface area contributed by atoms with E-state index in [2.05, 4.69) is 51.0 Å². The van der Waals surface area contributed by atoms with Gasteiger partial charge in [-0.15, -0.1) is 0 Å². The van der Waals surface area contributed by atoms with Crippen LogP contribution in [0.2, 0.25) is 0 Å². The molecule has 0 aromatic carbocycles. The topological polar surface area (TPSA) is 28.2 Å². The molecule has 1 aromatic heterocycles. The number of pyridine rings is 1. The summed E-state index contributed by atoms with van der Waals surface area (Å²) in [5, 5.41) is 3.50. The Labute approximate surface area is 118 Å². The van der Waals surface area contributed by atoms with Gasteiger partial charge in [-0.2, -0.15) is 0 Å². The molecular formula is C14H22BrN3. The smallest absolute Gasteiger partial charge is 0.0538 e. The van der Waals surface area contributed by atoms with Crippen LogP contribution in [0.25, 0.3) is 0 Å². The quantitative estimate of drug-likeness (QED) is 0.903. The number of hydrogen-bond donors (Lipinski definition) is 1. The predicted molar refractivity (Wildman–Crippen MR) is 79.9 cm³/mol. The largest absolute Gasteiger partial charge is 0.382 e. The van der Waals surface area contributed by atoms with Crippen LogP contribution in [0.5, 0.6) is 0 Å². The van der Waals surface area contributed by atoms with E-state index in [1.807, 2.05) is 12.4 Å². The molecule has 4 heteroatoms. The van der Waals surface area contributed by atoms with Crippen molar-refractivity contribution in [3.05, 3.63) is 22.9 Å². The van der Waals surface area contributed by atoms with Gasteiger partial charge in [-0.1, -0.05) is 13.8 Å². The van der Waals surface area contributed by atoms with Crippen molar-refractivity contribution in [1.82, 2.24) is 9.88 Å². The van der Waals surface area contributed by atoms with Crippen LogP contribution >= 0.6 is 15.9 Å². The number of hydrogen-bond acceptors (Lipinski definition) is 3.